The molecule has 2 N–H and O–H groups in total. The summed E-state index contributed by atoms with van der Waals surface area (Å²) in [5.41, 5.74) is 5.10. The summed E-state index contributed by atoms with van der Waals surface area (Å²) in [6, 6.07) is 12.9. The van der Waals surface area contributed by atoms with Gasteiger partial charge in [0.05, 0.1) is 0 Å². The Morgan fingerprint density at radius 1 is 0.958 bits per heavy atom. The van der Waals surface area contributed by atoms with Crippen molar-refractivity contribution < 1.29 is 9.59 Å². The van der Waals surface area contributed by atoms with Gasteiger partial charge < -0.3 is 10.6 Å². The first kappa shape index (κ1) is 16.2. The van der Waals surface area contributed by atoms with Crippen molar-refractivity contribution in [3.63, 3.8) is 0 Å². The smallest absolute Gasteiger partial charge is 0.246 e. The molecule has 4 nitrogen and oxygen atoms in total. The fourth-order valence-corrected chi connectivity index (χ4v) is 3.02. The molecule has 0 aliphatic heterocycles. The van der Waals surface area contributed by atoms with Gasteiger partial charge in [0.25, 0.3) is 0 Å². The molecule has 0 saturated heterocycles. The molecular weight excluding hydrogens is 300 g/mol. The monoisotopic (exact) mass is 322 g/mol. The van der Waals surface area contributed by atoms with Crippen LogP contribution in [0.3, 0.4) is 0 Å². The van der Waals surface area contributed by atoms with Crippen molar-refractivity contribution in [3.8, 4) is 0 Å². The fraction of sp³-hybridized carbons (Fsp3) is 0.300. The first-order valence-corrected chi connectivity index (χ1v) is 8.33. The zero-order valence-corrected chi connectivity index (χ0v) is 14.1. The van der Waals surface area contributed by atoms with Crippen molar-refractivity contribution in [2.45, 2.75) is 39.2 Å². The first-order chi connectivity index (χ1) is 11.5. The highest BCUT2D eigenvalue weighted by Gasteiger charge is 2.15. The summed E-state index contributed by atoms with van der Waals surface area (Å²) in [7, 11) is 0. The zero-order chi connectivity index (χ0) is 17.1. The van der Waals surface area contributed by atoms with Crippen molar-refractivity contribution in [2.75, 3.05) is 10.6 Å². The van der Waals surface area contributed by atoms with E-state index in [4.69, 9.17) is 0 Å². The molecule has 0 radical (unpaired) electrons. The molecule has 124 valence electrons. The maximum atomic E-state index is 12.3. The van der Waals surface area contributed by atoms with Crippen molar-refractivity contribution in [1.29, 1.82) is 0 Å². The van der Waals surface area contributed by atoms with E-state index in [1.165, 1.54) is 24.5 Å². The van der Waals surface area contributed by atoms with E-state index >= 15 is 0 Å². The quantitative estimate of drug-likeness (QED) is 0.823. The number of Topliss-reactive ketones (excluding diaryl/α,β-unsaturated/α-hetero) is 1. The summed E-state index contributed by atoms with van der Waals surface area (Å²) in [5, 5.41) is 6.12. The van der Waals surface area contributed by atoms with Crippen LogP contribution in [0.2, 0.25) is 0 Å². The topological polar surface area (TPSA) is 58.2 Å². The Balaban J connectivity index is 1.61. The number of aryl methyl sites for hydroxylation is 2. The molecule has 0 fully saturated rings. The number of rotatable bonds is 5. The number of amides is 1. The van der Waals surface area contributed by atoms with Crippen LogP contribution in [-0.4, -0.2) is 17.7 Å². The second-order valence-corrected chi connectivity index (χ2v) is 6.33. The van der Waals surface area contributed by atoms with Crippen LogP contribution in [0.15, 0.2) is 42.5 Å². The van der Waals surface area contributed by atoms with Crippen molar-refractivity contribution in [2.24, 2.45) is 0 Å². The Hall–Kier alpha value is -2.62. The van der Waals surface area contributed by atoms with Gasteiger partial charge in [0.15, 0.2) is 5.78 Å². The van der Waals surface area contributed by atoms with Crippen molar-refractivity contribution in [3.05, 3.63) is 59.2 Å². The molecular formula is C20H22N2O2. The van der Waals surface area contributed by atoms with Crippen LogP contribution in [0, 0.1) is 0 Å². The van der Waals surface area contributed by atoms with Crippen LogP contribution in [0.4, 0.5) is 11.4 Å². The lowest BCUT2D eigenvalue weighted by molar-refractivity contribution is -0.116. The van der Waals surface area contributed by atoms with Gasteiger partial charge in [0.2, 0.25) is 5.91 Å². The lowest BCUT2D eigenvalue weighted by atomic mass is 10.1. The molecule has 1 atom stereocenters. The van der Waals surface area contributed by atoms with Gasteiger partial charge in [0.1, 0.15) is 6.04 Å². The number of hydrogen-bond acceptors (Lipinski definition) is 3. The Labute approximate surface area is 142 Å². The number of anilines is 2. The molecule has 24 heavy (non-hydrogen) atoms. The van der Waals surface area contributed by atoms with Crippen LogP contribution in [-0.2, 0) is 17.6 Å². The van der Waals surface area contributed by atoms with Gasteiger partial charge in [-0.05, 0) is 80.6 Å². The minimum Gasteiger partial charge on any atom is -0.374 e. The van der Waals surface area contributed by atoms with Crippen LogP contribution in [0.1, 0.15) is 41.8 Å². The zero-order valence-electron chi connectivity index (χ0n) is 14.1. The third-order valence-electron chi connectivity index (χ3n) is 4.43. The third kappa shape index (κ3) is 3.65. The Morgan fingerprint density at radius 3 is 2.33 bits per heavy atom. The summed E-state index contributed by atoms with van der Waals surface area (Å²) < 4.78 is 0. The summed E-state index contributed by atoms with van der Waals surface area (Å²) in [6.07, 6.45) is 3.49. The van der Waals surface area contributed by atoms with E-state index in [0.717, 1.165) is 18.5 Å². The number of carbonyl (C=O) groups is 2. The van der Waals surface area contributed by atoms with E-state index in [0.29, 0.717) is 11.3 Å². The summed E-state index contributed by atoms with van der Waals surface area (Å²) in [5.74, 6) is -0.0920. The second kappa shape index (κ2) is 6.87. The largest absolute Gasteiger partial charge is 0.374 e. The number of benzene rings is 2. The molecule has 2 aromatic rings. The standard InChI is InChI=1S/C20H22N2O2/c1-13(21-19-11-8-16-4-3-5-17(16)12-19)20(24)22-18-9-6-15(7-10-18)14(2)23/h6-13,21H,3-5H2,1-2H3,(H,22,24). The van der Waals surface area contributed by atoms with Gasteiger partial charge in [-0.1, -0.05) is 6.07 Å². The van der Waals surface area contributed by atoms with Gasteiger partial charge in [-0.3, -0.25) is 9.59 Å². The Kier molecular flexibility index (Phi) is 4.65. The summed E-state index contributed by atoms with van der Waals surface area (Å²) >= 11 is 0. The van der Waals surface area contributed by atoms with Crippen molar-refractivity contribution >= 4 is 23.1 Å². The normalized spacial score (nSPS) is 13.9. The first-order valence-electron chi connectivity index (χ1n) is 8.33. The summed E-state index contributed by atoms with van der Waals surface area (Å²) in [4.78, 5) is 23.6. The van der Waals surface area contributed by atoms with Gasteiger partial charge >= 0.3 is 0 Å². The number of carbonyl (C=O) groups excluding carboxylic acids is 2. The molecule has 0 bridgehead atoms. The van der Waals surface area contributed by atoms with Gasteiger partial charge in [-0.25, -0.2) is 0 Å². The molecule has 4 heteroatoms. The van der Waals surface area contributed by atoms with E-state index in [9.17, 15) is 9.59 Å². The lowest BCUT2D eigenvalue weighted by Crippen LogP contribution is -2.31. The molecule has 0 saturated carbocycles. The average Bonchev–Trinajstić information content (AvgIpc) is 3.03. The number of hydrogen-bond donors (Lipinski definition) is 2. The fourth-order valence-electron chi connectivity index (χ4n) is 3.02. The van der Waals surface area contributed by atoms with Crippen LogP contribution in [0.25, 0.3) is 0 Å². The third-order valence-corrected chi connectivity index (χ3v) is 4.43. The second-order valence-electron chi connectivity index (χ2n) is 6.33. The summed E-state index contributed by atoms with van der Waals surface area (Å²) in [6.45, 7) is 3.36. The van der Waals surface area contributed by atoms with Crippen molar-refractivity contribution in [1.82, 2.24) is 0 Å². The molecule has 0 spiro atoms. The Bertz CT molecular complexity index is 766. The molecule has 2 aromatic carbocycles. The van der Waals surface area contributed by atoms with Crippen LogP contribution in [0.5, 0.6) is 0 Å². The van der Waals surface area contributed by atoms with E-state index in [-0.39, 0.29) is 17.7 Å². The lowest BCUT2D eigenvalue weighted by Gasteiger charge is -2.16. The number of ketones is 1. The minimum absolute atomic E-state index is 0.0134. The SMILES string of the molecule is CC(=O)c1ccc(NC(=O)C(C)Nc2ccc3c(c2)CCC3)cc1. The van der Waals surface area contributed by atoms with Crippen LogP contribution < -0.4 is 10.6 Å². The van der Waals surface area contributed by atoms with Crippen LogP contribution >= 0.6 is 0 Å². The number of fused-ring (bicyclic) bond motifs is 1. The minimum atomic E-state index is -0.350. The van der Waals surface area contributed by atoms with Gasteiger partial charge in [-0.15, -0.1) is 0 Å². The highest BCUT2D eigenvalue weighted by atomic mass is 16.2. The molecule has 1 aliphatic rings. The predicted octanol–water partition coefficient (Wildman–Crippen LogP) is 3.82. The molecule has 1 aliphatic carbocycles. The maximum Gasteiger partial charge on any atom is 0.246 e. The number of nitrogens with one attached hydrogen (secondary N) is 2. The average molecular weight is 322 g/mol. The van der Waals surface area contributed by atoms with E-state index in [1.54, 1.807) is 24.3 Å². The molecule has 1 unspecified atom stereocenters. The predicted molar refractivity (Wildman–Crippen MR) is 96.6 cm³/mol. The highest BCUT2D eigenvalue weighted by molar-refractivity contribution is 5.97. The molecule has 0 aromatic heterocycles. The van der Waals surface area contributed by atoms with Gasteiger partial charge in [0, 0.05) is 16.9 Å². The Morgan fingerprint density at radius 2 is 1.62 bits per heavy atom. The van der Waals surface area contributed by atoms with E-state index in [1.807, 2.05) is 13.0 Å². The van der Waals surface area contributed by atoms with Gasteiger partial charge in [-0.2, -0.15) is 0 Å². The van der Waals surface area contributed by atoms with E-state index < -0.39 is 0 Å². The maximum absolute atomic E-state index is 12.3. The highest BCUT2D eigenvalue weighted by Crippen LogP contribution is 2.25. The molecule has 0 heterocycles. The molecule has 1 amide bonds. The van der Waals surface area contributed by atoms with E-state index in [2.05, 4.69) is 22.8 Å². The molecule has 3 rings (SSSR count).